The fourth-order valence-corrected chi connectivity index (χ4v) is 3.39. The Morgan fingerprint density at radius 2 is 2.11 bits per heavy atom. The number of hydrogen-bond donors (Lipinski definition) is 0. The maximum Gasteiger partial charge on any atom is 0.331 e. The van der Waals surface area contributed by atoms with Gasteiger partial charge in [-0.25, -0.2) is 9.78 Å². The summed E-state index contributed by atoms with van der Waals surface area (Å²) in [7, 11) is 2.99. The van der Waals surface area contributed by atoms with Crippen LogP contribution in [0.2, 0.25) is 5.02 Å². The highest BCUT2D eigenvalue weighted by Gasteiger charge is 2.10. The third-order valence-electron chi connectivity index (χ3n) is 3.59. The van der Waals surface area contributed by atoms with Gasteiger partial charge in [-0.05, 0) is 23.8 Å². The van der Waals surface area contributed by atoms with E-state index in [2.05, 4.69) is 4.98 Å². The van der Waals surface area contributed by atoms with E-state index in [1.165, 1.54) is 42.1 Å². The smallest absolute Gasteiger partial charge is 0.331 e. The van der Waals surface area contributed by atoms with Gasteiger partial charge in [0, 0.05) is 23.7 Å². The van der Waals surface area contributed by atoms with E-state index >= 15 is 0 Å². The number of thiazole rings is 1. The molecule has 0 unspecified atom stereocenters. The van der Waals surface area contributed by atoms with E-state index in [4.69, 9.17) is 25.8 Å². The molecule has 0 aliphatic heterocycles. The number of carbonyl (C=O) groups excluding carboxylic acids is 1. The number of ether oxygens (including phenoxy) is 3. The van der Waals surface area contributed by atoms with Crippen LogP contribution in [0.5, 0.6) is 11.5 Å². The van der Waals surface area contributed by atoms with Crippen molar-refractivity contribution in [3.63, 3.8) is 0 Å². The van der Waals surface area contributed by atoms with E-state index in [-0.39, 0.29) is 12.2 Å². The lowest BCUT2D eigenvalue weighted by molar-refractivity contribution is -0.139. The molecule has 0 fully saturated rings. The summed E-state index contributed by atoms with van der Waals surface area (Å²) in [5, 5.41) is 2.12. The molecule has 0 aliphatic carbocycles. The maximum atomic E-state index is 11.9. The quantitative estimate of drug-likeness (QED) is 0.462. The first-order valence-corrected chi connectivity index (χ1v) is 8.99. The number of nitrogens with zero attached hydrogens (tertiary/aromatic N) is 2. The van der Waals surface area contributed by atoms with Crippen LogP contribution in [0.25, 0.3) is 11.0 Å². The Balaban J connectivity index is 1.68. The normalized spacial score (nSPS) is 11.1. The molecule has 0 N–H and O–H groups in total. The number of methoxy groups -OCH3 is 2. The third kappa shape index (κ3) is 4.29. The molecule has 0 amide bonds. The Labute approximate surface area is 163 Å². The van der Waals surface area contributed by atoms with Crippen molar-refractivity contribution < 1.29 is 19.0 Å². The second kappa shape index (κ2) is 8.24. The molecule has 3 aromatic rings. The van der Waals surface area contributed by atoms with Gasteiger partial charge >= 0.3 is 5.97 Å². The van der Waals surface area contributed by atoms with E-state index in [1.54, 1.807) is 29.8 Å². The molecule has 0 radical (unpaired) electrons. The number of rotatable bonds is 6. The van der Waals surface area contributed by atoms with Crippen LogP contribution >= 0.6 is 22.9 Å². The third-order valence-corrected chi connectivity index (χ3v) is 4.62. The average Bonchev–Trinajstić information content (AvgIpc) is 3.13. The van der Waals surface area contributed by atoms with Crippen molar-refractivity contribution in [2.24, 2.45) is 0 Å². The summed E-state index contributed by atoms with van der Waals surface area (Å²) >= 11 is 7.46. The molecule has 0 bridgehead atoms. The summed E-state index contributed by atoms with van der Waals surface area (Å²) in [6, 6.07) is 4.66. The minimum absolute atomic E-state index is 0.0977. The number of aromatic nitrogens is 2. The molecule has 1 aromatic carbocycles. The number of halogens is 1. The Morgan fingerprint density at radius 3 is 2.85 bits per heavy atom. The van der Waals surface area contributed by atoms with Crippen molar-refractivity contribution in [2.75, 3.05) is 14.2 Å². The van der Waals surface area contributed by atoms with E-state index in [9.17, 15) is 9.59 Å². The predicted octanol–water partition coefficient (Wildman–Crippen LogP) is 3.18. The van der Waals surface area contributed by atoms with E-state index < -0.39 is 5.97 Å². The molecule has 3 rings (SSSR count). The number of fused-ring (bicyclic) bond motifs is 1. The summed E-state index contributed by atoms with van der Waals surface area (Å²) in [5.74, 6) is 0.293. The summed E-state index contributed by atoms with van der Waals surface area (Å²) < 4.78 is 16.9. The van der Waals surface area contributed by atoms with E-state index in [1.807, 2.05) is 0 Å². The summed E-state index contributed by atoms with van der Waals surface area (Å²) in [6.07, 6.45) is 4.44. The first kappa shape index (κ1) is 18.9. The van der Waals surface area contributed by atoms with Gasteiger partial charge < -0.3 is 14.2 Å². The molecule has 27 heavy (non-hydrogen) atoms. The minimum Gasteiger partial charge on any atom is -0.493 e. The van der Waals surface area contributed by atoms with Crippen LogP contribution in [-0.2, 0) is 16.1 Å². The zero-order chi connectivity index (χ0) is 19.4. The Bertz CT molecular complexity index is 1070. The van der Waals surface area contributed by atoms with E-state index in [0.29, 0.717) is 32.7 Å². The van der Waals surface area contributed by atoms with Gasteiger partial charge in [-0.15, -0.1) is 11.3 Å². The van der Waals surface area contributed by atoms with Crippen LogP contribution in [0.3, 0.4) is 0 Å². The molecule has 0 saturated heterocycles. The molecular formula is C18H15ClN2O5S. The van der Waals surface area contributed by atoms with Crippen LogP contribution < -0.4 is 15.0 Å². The van der Waals surface area contributed by atoms with Crippen molar-refractivity contribution in [1.29, 1.82) is 0 Å². The van der Waals surface area contributed by atoms with Crippen LogP contribution in [-0.4, -0.2) is 29.6 Å². The van der Waals surface area contributed by atoms with Gasteiger partial charge in [0.25, 0.3) is 5.56 Å². The van der Waals surface area contributed by atoms with Crippen molar-refractivity contribution in [2.45, 2.75) is 6.61 Å². The van der Waals surface area contributed by atoms with E-state index in [0.717, 1.165) is 0 Å². The molecule has 2 aromatic heterocycles. The Morgan fingerprint density at radius 1 is 1.30 bits per heavy atom. The standard InChI is InChI=1S/C18H15ClN2O5S/c1-24-14-8-11(7-13(19)17(14)25-2)3-4-16(23)26-10-12-9-15(22)21-5-6-27-18(21)20-12/h3-9H,10H2,1-2H3/b4-3+. The molecule has 9 heteroatoms. The lowest BCUT2D eigenvalue weighted by atomic mass is 10.2. The van der Waals surface area contributed by atoms with Gasteiger partial charge in [0.05, 0.1) is 24.9 Å². The number of benzene rings is 1. The van der Waals surface area contributed by atoms with Gasteiger partial charge in [0.15, 0.2) is 16.5 Å². The van der Waals surface area contributed by atoms with Gasteiger partial charge in [-0.1, -0.05) is 11.6 Å². The molecule has 0 saturated carbocycles. The largest absolute Gasteiger partial charge is 0.493 e. The van der Waals surface area contributed by atoms with Crippen LogP contribution in [0, 0.1) is 0 Å². The van der Waals surface area contributed by atoms with Crippen molar-refractivity contribution in [3.05, 3.63) is 62.5 Å². The highest BCUT2D eigenvalue weighted by molar-refractivity contribution is 7.15. The van der Waals surface area contributed by atoms with Gasteiger partial charge in [0.1, 0.15) is 6.61 Å². The minimum atomic E-state index is -0.575. The van der Waals surface area contributed by atoms with Crippen molar-refractivity contribution >= 4 is 39.9 Å². The molecule has 0 aliphatic rings. The van der Waals surface area contributed by atoms with Crippen LogP contribution in [0.1, 0.15) is 11.3 Å². The Hall–Kier alpha value is -2.84. The topological polar surface area (TPSA) is 79.1 Å². The van der Waals surface area contributed by atoms with Crippen LogP contribution in [0.15, 0.2) is 40.6 Å². The lowest BCUT2D eigenvalue weighted by Crippen LogP contribution is -2.14. The lowest BCUT2D eigenvalue weighted by Gasteiger charge is -2.10. The number of esters is 1. The fraction of sp³-hybridized carbons (Fsp3) is 0.167. The first-order valence-electron chi connectivity index (χ1n) is 7.74. The predicted molar refractivity (Wildman–Crippen MR) is 103 cm³/mol. The second-order valence-electron chi connectivity index (χ2n) is 5.32. The van der Waals surface area contributed by atoms with Gasteiger partial charge in [-0.3, -0.25) is 9.20 Å². The Kier molecular flexibility index (Phi) is 5.78. The molecule has 140 valence electrons. The SMILES string of the molecule is COc1cc(/C=C/C(=O)OCc2cc(=O)n3ccsc3n2)cc(Cl)c1OC. The summed E-state index contributed by atoms with van der Waals surface area (Å²) in [4.78, 5) is 28.7. The highest BCUT2D eigenvalue weighted by atomic mass is 35.5. The maximum absolute atomic E-state index is 11.9. The van der Waals surface area contributed by atoms with Crippen LogP contribution in [0.4, 0.5) is 0 Å². The second-order valence-corrected chi connectivity index (χ2v) is 6.60. The first-order chi connectivity index (χ1) is 13.0. The molecule has 0 atom stereocenters. The summed E-state index contributed by atoms with van der Waals surface area (Å²) in [5.41, 5.74) is 0.812. The fourth-order valence-electron chi connectivity index (χ4n) is 2.35. The zero-order valence-electron chi connectivity index (χ0n) is 14.5. The molecular weight excluding hydrogens is 392 g/mol. The van der Waals surface area contributed by atoms with Crippen molar-refractivity contribution in [1.82, 2.24) is 9.38 Å². The molecule has 0 spiro atoms. The van der Waals surface area contributed by atoms with Gasteiger partial charge in [-0.2, -0.15) is 0 Å². The average molecular weight is 407 g/mol. The zero-order valence-corrected chi connectivity index (χ0v) is 16.0. The highest BCUT2D eigenvalue weighted by Crippen LogP contribution is 2.36. The monoisotopic (exact) mass is 406 g/mol. The van der Waals surface area contributed by atoms with Crippen molar-refractivity contribution in [3.8, 4) is 11.5 Å². The summed E-state index contributed by atoms with van der Waals surface area (Å²) in [6.45, 7) is -0.0977. The molecule has 7 nitrogen and oxygen atoms in total. The molecule has 2 heterocycles. The van der Waals surface area contributed by atoms with Gasteiger partial charge in [0.2, 0.25) is 0 Å². The number of carbonyl (C=O) groups is 1. The number of hydrogen-bond acceptors (Lipinski definition) is 7.